The van der Waals surface area contributed by atoms with Gasteiger partial charge in [0, 0.05) is 19.1 Å². The fraction of sp³-hybridized carbons (Fsp3) is 0.435. The van der Waals surface area contributed by atoms with E-state index in [0.717, 1.165) is 35.5 Å². The van der Waals surface area contributed by atoms with E-state index in [4.69, 9.17) is 9.47 Å². The van der Waals surface area contributed by atoms with Gasteiger partial charge < -0.3 is 14.8 Å². The molecule has 1 saturated carbocycles. The van der Waals surface area contributed by atoms with Gasteiger partial charge in [0.2, 0.25) is 12.7 Å². The van der Waals surface area contributed by atoms with E-state index < -0.39 is 0 Å². The highest BCUT2D eigenvalue weighted by atomic mass is 19.1. The molecule has 1 aliphatic heterocycles. The molecule has 0 bridgehead atoms. The summed E-state index contributed by atoms with van der Waals surface area (Å²) in [5.74, 6) is 1.22. The van der Waals surface area contributed by atoms with Crippen LogP contribution in [0.1, 0.15) is 43.2 Å². The zero-order chi connectivity index (χ0) is 20.1. The molecule has 4 rings (SSSR count). The number of halogens is 1. The fourth-order valence-electron chi connectivity index (χ4n) is 4.08. The molecular formula is C23H27FN2O3. The molecule has 1 amide bonds. The van der Waals surface area contributed by atoms with Crippen LogP contribution in [0.4, 0.5) is 4.39 Å². The van der Waals surface area contributed by atoms with E-state index in [2.05, 4.69) is 10.2 Å². The molecule has 0 spiro atoms. The molecule has 1 N–H and O–H groups in total. The molecule has 0 radical (unpaired) electrons. The molecule has 0 aromatic heterocycles. The quantitative estimate of drug-likeness (QED) is 0.766. The van der Waals surface area contributed by atoms with Crippen molar-refractivity contribution in [3.8, 4) is 11.5 Å². The Morgan fingerprint density at radius 3 is 2.52 bits per heavy atom. The van der Waals surface area contributed by atoms with Crippen molar-refractivity contribution in [2.24, 2.45) is 0 Å². The average Bonchev–Trinajstić information content (AvgIpc) is 3.22. The highest BCUT2D eigenvalue weighted by Crippen LogP contribution is 2.32. The smallest absolute Gasteiger partial charge is 0.234 e. The summed E-state index contributed by atoms with van der Waals surface area (Å²) in [6.07, 6.45) is 5.87. The maximum absolute atomic E-state index is 13.2. The summed E-state index contributed by atoms with van der Waals surface area (Å²) in [7, 11) is 0. The lowest BCUT2D eigenvalue weighted by Crippen LogP contribution is -2.43. The highest BCUT2D eigenvalue weighted by molar-refractivity contribution is 5.78. The van der Waals surface area contributed by atoms with Crippen LogP contribution < -0.4 is 14.8 Å². The van der Waals surface area contributed by atoms with Crippen molar-refractivity contribution in [1.82, 2.24) is 10.2 Å². The molecule has 1 heterocycles. The second-order valence-corrected chi connectivity index (χ2v) is 7.79. The van der Waals surface area contributed by atoms with Gasteiger partial charge in [0.1, 0.15) is 5.82 Å². The lowest BCUT2D eigenvalue weighted by Gasteiger charge is -2.34. The van der Waals surface area contributed by atoms with Crippen molar-refractivity contribution in [3.63, 3.8) is 0 Å². The minimum Gasteiger partial charge on any atom is -0.454 e. The molecule has 5 nitrogen and oxygen atoms in total. The maximum atomic E-state index is 13.2. The van der Waals surface area contributed by atoms with Crippen molar-refractivity contribution in [2.45, 2.75) is 51.2 Å². The van der Waals surface area contributed by atoms with Crippen LogP contribution in [0.25, 0.3) is 0 Å². The first-order chi connectivity index (χ1) is 14.2. The lowest BCUT2D eigenvalue weighted by molar-refractivity contribution is -0.123. The summed E-state index contributed by atoms with van der Waals surface area (Å²) in [4.78, 5) is 14.9. The number of rotatable bonds is 7. The number of carbonyl (C=O) groups is 1. The zero-order valence-electron chi connectivity index (χ0n) is 16.5. The van der Waals surface area contributed by atoms with Crippen LogP contribution in [0.3, 0.4) is 0 Å². The van der Waals surface area contributed by atoms with E-state index in [-0.39, 0.29) is 18.5 Å². The predicted molar refractivity (Wildman–Crippen MR) is 108 cm³/mol. The van der Waals surface area contributed by atoms with Gasteiger partial charge in [-0.1, -0.05) is 37.5 Å². The van der Waals surface area contributed by atoms with E-state index in [0.29, 0.717) is 25.7 Å². The third-order valence-electron chi connectivity index (χ3n) is 5.66. The summed E-state index contributed by atoms with van der Waals surface area (Å²) in [5.41, 5.74) is 2.01. The van der Waals surface area contributed by atoms with Crippen molar-refractivity contribution in [2.75, 3.05) is 13.3 Å². The Kier molecular flexibility index (Phi) is 6.30. The second kappa shape index (κ2) is 9.27. The first-order valence-electron chi connectivity index (χ1n) is 10.3. The van der Waals surface area contributed by atoms with Gasteiger partial charge in [-0.25, -0.2) is 4.39 Å². The largest absolute Gasteiger partial charge is 0.454 e. The topological polar surface area (TPSA) is 50.8 Å². The number of ether oxygens (including phenoxy) is 2. The molecule has 0 saturated heterocycles. The molecule has 2 aliphatic rings. The Balaban J connectivity index is 1.36. The number of carbonyl (C=O) groups excluding carboxylic acids is 1. The number of fused-ring (bicyclic) bond motifs is 1. The molecule has 1 fully saturated rings. The monoisotopic (exact) mass is 398 g/mol. The van der Waals surface area contributed by atoms with Crippen molar-refractivity contribution in [1.29, 1.82) is 0 Å². The second-order valence-electron chi connectivity index (χ2n) is 7.79. The fourth-order valence-corrected chi connectivity index (χ4v) is 4.08. The molecule has 0 unspecified atom stereocenters. The number of amides is 1. The van der Waals surface area contributed by atoms with Gasteiger partial charge in [0.25, 0.3) is 0 Å². The van der Waals surface area contributed by atoms with Gasteiger partial charge in [-0.2, -0.15) is 0 Å². The minimum absolute atomic E-state index is 0.00430. The Labute approximate surface area is 170 Å². The Morgan fingerprint density at radius 1 is 1.00 bits per heavy atom. The van der Waals surface area contributed by atoms with Crippen molar-refractivity contribution < 1.29 is 18.7 Å². The van der Waals surface area contributed by atoms with Crippen LogP contribution in [0.15, 0.2) is 42.5 Å². The predicted octanol–water partition coefficient (Wildman–Crippen LogP) is 4.01. The summed E-state index contributed by atoms with van der Waals surface area (Å²) in [6.45, 7) is 1.68. The average molecular weight is 398 g/mol. The van der Waals surface area contributed by atoms with E-state index in [9.17, 15) is 9.18 Å². The number of benzene rings is 2. The van der Waals surface area contributed by atoms with Crippen LogP contribution in [0.2, 0.25) is 0 Å². The third kappa shape index (κ3) is 5.26. The lowest BCUT2D eigenvalue weighted by atomic mass is 9.93. The van der Waals surface area contributed by atoms with Crippen molar-refractivity contribution in [3.05, 3.63) is 59.4 Å². The molecule has 154 valence electrons. The summed E-state index contributed by atoms with van der Waals surface area (Å²) in [6, 6.07) is 12.7. The van der Waals surface area contributed by atoms with Crippen molar-refractivity contribution >= 4 is 5.91 Å². The Hall–Kier alpha value is -2.60. The maximum Gasteiger partial charge on any atom is 0.234 e. The molecule has 2 aromatic carbocycles. The molecular weight excluding hydrogens is 371 g/mol. The Bertz CT molecular complexity index is 835. The van der Waals surface area contributed by atoms with Crippen LogP contribution in [-0.4, -0.2) is 30.2 Å². The van der Waals surface area contributed by atoms with E-state index in [1.54, 1.807) is 12.1 Å². The third-order valence-corrected chi connectivity index (χ3v) is 5.66. The molecule has 2 aromatic rings. The standard InChI is InChI=1S/C23H27FN2O3/c24-19-9-6-17(7-10-19)14-26(20-4-2-1-3-5-20)15-23(27)25-13-18-8-11-21-22(12-18)29-16-28-21/h6-12,20H,1-5,13-16H2,(H,25,27). The van der Waals surface area contributed by atoms with Crippen LogP contribution >= 0.6 is 0 Å². The zero-order valence-corrected chi connectivity index (χ0v) is 16.5. The summed E-state index contributed by atoms with van der Waals surface area (Å²) < 4.78 is 24.0. The Morgan fingerprint density at radius 2 is 1.72 bits per heavy atom. The van der Waals surface area contributed by atoms with Gasteiger partial charge in [-0.05, 0) is 48.2 Å². The van der Waals surface area contributed by atoms with Gasteiger partial charge in [0.15, 0.2) is 11.5 Å². The minimum atomic E-state index is -0.237. The summed E-state index contributed by atoms with van der Waals surface area (Å²) in [5, 5.41) is 3.02. The first-order valence-corrected chi connectivity index (χ1v) is 10.3. The number of hydrogen-bond acceptors (Lipinski definition) is 4. The van der Waals surface area contributed by atoms with Gasteiger partial charge in [0.05, 0.1) is 6.54 Å². The van der Waals surface area contributed by atoms with Crippen LogP contribution in [0, 0.1) is 5.82 Å². The van der Waals surface area contributed by atoms with Gasteiger partial charge in [-0.15, -0.1) is 0 Å². The van der Waals surface area contributed by atoms with E-state index in [1.165, 1.54) is 31.4 Å². The first kappa shape index (κ1) is 19.7. The van der Waals surface area contributed by atoms with Crippen LogP contribution in [0.5, 0.6) is 11.5 Å². The highest BCUT2D eigenvalue weighted by Gasteiger charge is 2.23. The molecule has 1 aliphatic carbocycles. The van der Waals surface area contributed by atoms with E-state index in [1.807, 2.05) is 18.2 Å². The van der Waals surface area contributed by atoms with Gasteiger partial charge in [-0.3, -0.25) is 9.69 Å². The number of nitrogens with one attached hydrogen (secondary N) is 1. The molecule has 6 heteroatoms. The normalized spacial score (nSPS) is 16.2. The number of nitrogens with zero attached hydrogens (tertiary/aromatic N) is 1. The molecule has 0 atom stereocenters. The van der Waals surface area contributed by atoms with Crippen LogP contribution in [-0.2, 0) is 17.9 Å². The number of hydrogen-bond donors (Lipinski definition) is 1. The molecule has 29 heavy (non-hydrogen) atoms. The summed E-state index contributed by atoms with van der Waals surface area (Å²) >= 11 is 0. The van der Waals surface area contributed by atoms with E-state index >= 15 is 0 Å². The van der Waals surface area contributed by atoms with Gasteiger partial charge >= 0.3 is 0 Å². The SMILES string of the molecule is O=C(CN(Cc1ccc(F)cc1)C1CCCCC1)NCc1ccc2c(c1)OCO2.